The van der Waals surface area contributed by atoms with Crippen LogP contribution in [0.1, 0.15) is 34.1 Å². The average Bonchev–Trinajstić information content (AvgIpc) is 2.66. The highest BCUT2D eigenvalue weighted by atomic mass is 16.5. The molecule has 5 nitrogen and oxygen atoms in total. The molecule has 0 saturated carbocycles. The van der Waals surface area contributed by atoms with Crippen molar-refractivity contribution in [1.82, 2.24) is 5.32 Å². The number of benzene rings is 2. The van der Waals surface area contributed by atoms with E-state index in [1.165, 1.54) is 0 Å². The first kappa shape index (κ1) is 17.7. The van der Waals surface area contributed by atoms with Gasteiger partial charge in [-0.05, 0) is 30.7 Å². The van der Waals surface area contributed by atoms with Gasteiger partial charge >= 0.3 is 5.97 Å². The second-order valence-corrected chi connectivity index (χ2v) is 5.55. The molecule has 5 heteroatoms. The molecule has 2 aromatic rings. The maximum atomic E-state index is 12.3. The van der Waals surface area contributed by atoms with E-state index < -0.39 is 11.5 Å². The Bertz CT molecular complexity index is 666. The van der Waals surface area contributed by atoms with Gasteiger partial charge in [0, 0.05) is 5.56 Å². The Labute approximate surface area is 141 Å². The Morgan fingerprint density at radius 3 is 2.04 bits per heavy atom. The van der Waals surface area contributed by atoms with Crippen LogP contribution in [0.25, 0.3) is 0 Å². The van der Waals surface area contributed by atoms with E-state index in [1.54, 1.807) is 54.6 Å². The Balaban J connectivity index is 2.04. The van der Waals surface area contributed by atoms with Crippen molar-refractivity contribution < 1.29 is 19.4 Å². The molecule has 0 fully saturated rings. The molecule has 0 bridgehead atoms. The van der Waals surface area contributed by atoms with Crippen LogP contribution >= 0.6 is 0 Å². The number of hydrogen-bond donors (Lipinski definition) is 2. The van der Waals surface area contributed by atoms with Gasteiger partial charge in [-0.25, -0.2) is 4.79 Å². The summed E-state index contributed by atoms with van der Waals surface area (Å²) in [6, 6.07) is 17.3. The molecule has 1 unspecified atom stereocenters. The van der Waals surface area contributed by atoms with Gasteiger partial charge in [0.1, 0.15) is 6.61 Å². The highest BCUT2D eigenvalue weighted by molar-refractivity contribution is 5.94. The van der Waals surface area contributed by atoms with E-state index in [9.17, 15) is 14.7 Å². The number of carbonyl (C=O) groups excluding carboxylic acids is 2. The minimum absolute atomic E-state index is 0.105. The van der Waals surface area contributed by atoms with E-state index in [4.69, 9.17) is 4.74 Å². The Kier molecular flexibility index (Phi) is 6.09. The van der Waals surface area contributed by atoms with Gasteiger partial charge in [0.15, 0.2) is 0 Å². The lowest BCUT2D eigenvalue weighted by Crippen LogP contribution is -2.54. The number of aliphatic hydroxyl groups is 1. The van der Waals surface area contributed by atoms with Crippen LogP contribution < -0.4 is 5.32 Å². The molecule has 0 saturated heterocycles. The second kappa shape index (κ2) is 8.26. The normalized spacial score (nSPS) is 12.9. The zero-order valence-electron chi connectivity index (χ0n) is 13.6. The maximum Gasteiger partial charge on any atom is 0.338 e. The zero-order chi connectivity index (χ0) is 17.4. The van der Waals surface area contributed by atoms with Crippen molar-refractivity contribution in [2.24, 2.45) is 0 Å². The van der Waals surface area contributed by atoms with Gasteiger partial charge in [0.2, 0.25) is 0 Å². The lowest BCUT2D eigenvalue weighted by Gasteiger charge is -2.31. The summed E-state index contributed by atoms with van der Waals surface area (Å²) in [4.78, 5) is 24.4. The van der Waals surface area contributed by atoms with Gasteiger partial charge in [0.05, 0.1) is 17.7 Å². The molecule has 0 spiro atoms. The minimum Gasteiger partial charge on any atom is -0.460 e. The SMILES string of the molecule is CCC(CO)(COC(=O)c1ccccc1)NC(=O)c1ccccc1. The third kappa shape index (κ3) is 4.43. The number of hydrogen-bond acceptors (Lipinski definition) is 4. The van der Waals surface area contributed by atoms with Gasteiger partial charge in [-0.3, -0.25) is 4.79 Å². The van der Waals surface area contributed by atoms with Gasteiger partial charge in [-0.2, -0.15) is 0 Å². The summed E-state index contributed by atoms with van der Waals surface area (Å²) in [5.74, 6) is -0.807. The van der Waals surface area contributed by atoms with E-state index in [1.807, 2.05) is 13.0 Å². The van der Waals surface area contributed by atoms with Gasteiger partial charge in [-0.1, -0.05) is 43.3 Å². The molecule has 0 aliphatic rings. The fourth-order valence-electron chi connectivity index (χ4n) is 2.19. The van der Waals surface area contributed by atoms with E-state index in [0.717, 1.165) is 0 Å². The molecule has 0 radical (unpaired) electrons. The lowest BCUT2D eigenvalue weighted by molar-refractivity contribution is 0.0236. The molecule has 24 heavy (non-hydrogen) atoms. The summed E-state index contributed by atoms with van der Waals surface area (Å²) in [5.41, 5.74) is -0.106. The Morgan fingerprint density at radius 2 is 1.54 bits per heavy atom. The predicted octanol–water partition coefficient (Wildman–Crippen LogP) is 2.41. The van der Waals surface area contributed by atoms with Crippen molar-refractivity contribution in [2.45, 2.75) is 18.9 Å². The number of rotatable bonds is 7. The van der Waals surface area contributed by atoms with Crippen molar-refractivity contribution in [2.75, 3.05) is 13.2 Å². The van der Waals surface area contributed by atoms with Crippen LogP contribution in [0.5, 0.6) is 0 Å². The molecule has 0 aliphatic carbocycles. The minimum atomic E-state index is -1.02. The molecule has 0 aliphatic heterocycles. The smallest absolute Gasteiger partial charge is 0.338 e. The Hall–Kier alpha value is -2.66. The average molecular weight is 327 g/mol. The monoisotopic (exact) mass is 327 g/mol. The van der Waals surface area contributed by atoms with E-state index in [-0.39, 0.29) is 19.1 Å². The fourth-order valence-corrected chi connectivity index (χ4v) is 2.19. The summed E-state index contributed by atoms with van der Waals surface area (Å²) in [5, 5.41) is 12.5. The highest BCUT2D eigenvalue weighted by Crippen LogP contribution is 2.14. The van der Waals surface area contributed by atoms with Crippen molar-refractivity contribution in [3.63, 3.8) is 0 Å². The molecular formula is C19H21NO4. The number of nitrogens with one attached hydrogen (secondary N) is 1. The number of esters is 1. The summed E-state index contributed by atoms with van der Waals surface area (Å²) in [6.45, 7) is 1.38. The highest BCUT2D eigenvalue weighted by Gasteiger charge is 2.31. The van der Waals surface area contributed by atoms with Gasteiger partial charge in [0.25, 0.3) is 5.91 Å². The molecule has 2 N–H and O–H groups in total. The first-order chi connectivity index (χ1) is 11.6. The molecule has 0 heterocycles. The fraction of sp³-hybridized carbons (Fsp3) is 0.263. The van der Waals surface area contributed by atoms with E-state index >= 15 is 0 Å². The third-order valence-corrected chi connectivity index (χ3v) is 3.88. The van der Waals surface area contributed by atoms with Crippen LogP contribution in [0.4, 0.5) is 0 Å². The first-order valence-corrected chi connectivity index (χ1v) is 7.81. The van der Waals surface area contributed by atoms with Gasteiger partial charge in [-0.15, -0.1) is 0 Å². The summed E-state index contributed by atoms with van der Waals surface area (Å²) in [6.07, 6.45) is 0.421. The maximum absolute atomic E-state index is 12.3. The van der Waals surface area contributed by atoms with Crippen molar-refractivity contribution in [3.05, 3.63) is 71.8 Å². The summed E-state index contributed by atoms with van der Waals surface area (Å²) in [7, 11) is 0. The third-order valence-electron chi connectivity index (χ3n) is 3.88. The van der Waals surface area contributed by atoms with Crippen LogP contribution in [0.15, 0.2) is 60.7 Å². The summed E-state index contributed by atoms with van der Waals surface area (Å²) >= 11 is 0. The molecule has 126 valence electrons. The lowest BCUT2D eigenvalue weighted by atomic mass is 9.97. The van der Waals surface area contributed by atoms with Crippen LogP contribution in [-0.4, -0.2) is 35.7 Å². The Morgan fingerprint density at radius 1 is 1.00 bits per heavy atom. The number of amides is 1. The molecular weight excluding hydrogens is 306 g/mol. The molecule has 0 aromatic heterocycles. The molecule has 2 rings (SSSR count). The molecule has 1 atom stereocenters. The quantitative estimate of drug-likeness (QED) is 0.766. The zero-order valence-corrected chi connectivity index (χ0v) is 13.6. The second-order valence-electron chi connectivity index (χ2n) is 5.55. The topological polar surface area (TPSA) is 75.6 Å². The molecule has 2 aromatic carbocycles. The van der Waals surface area contributed by atoms with Crippen LogP contribution in [0.2, 0.25) is 0 Å². The van der Waals surface area contributed by atoms with Crippen molar-refractivity contribution in [3.8, 4) is 0 Å². The number of aliphatic hydroxyl groups excluding tert-OH is 1. The van der Waals surface area contributed by atoms with E-state index in [2.05, 4.69) is 5.32 Å². The van der Waals surface area contributed by atoms with Crippen LogP contribution in [0, 0.1) is 0 Å². The van der Waals surface area contributed by atoms with E-state index in [0.29, 0.717) is 17.5 Å². The number of carbonyl (C=O) groups is 2. The van der Waals surface area contributed by atoms with Crippen molar-refractivity contribution in [1.29, 1.82) is 0 Å². The van der Waals surface area contributed by atoms with Crippen LogP contribution in [-0.2, 0) is 4.74 Å². The summed E-state index contributed by atoms with van der Waals surface area (Å²) < 4.78 is 5.30. The number of ether oxygens (including phenoxy) is 1. The largest absolute Gasteiger partial charge is 0.460 e. The van der Waals surface area contributed by atoms with Crippen molar-refractivity contribution >= 4 is 11.9 Å². The molecule has 1 amide bonds. The standard InChI is InChI=1S/C19H21NO4/c1-2-19(13-21,20-17(22)15-9-5-3-6-10-15)14-24-18(23)16-11-7-4-8-12-16/h3-12,21H,2,13-14H2,1H3,(H,20,22). The van der Waals surface area contributed by atoms with Crippen LogP contribution in [0.3, 0.4) is 0 Å². The first-order valence-electron chi connectivity index (χ1n) is 7.81. The van der Waals surface area contributed by atoms with Gasteiger partial charge < -0.3 is 15.2 Å². The predicted molar refractivity (Wildman–Crippen MR) is 90.7 cm³/mol.